The molecule has 0 aromatic carbocycles. The number of aliphatic hydroxyl groups excluding tert-OH is 1. The molecule has 3 aliphatic rings. The molecule has 2 amide bonds. The fraction of sp³-hybridized carbons (Fsp3) is 0.667. The van der Waals surface area contributed by atoms with E-state index in [2.05, 4.69) is 13.8 Å². The van der Waals surface area contributed by atoms with Gasteiger partial charge in [-0.05, 0) is 42.7 Å². The van der Waals surface area contributed by atoms with Crippen LogP contribution in [0.2, 0.25) is 0 Å². The molecule has 24 heavy (non-hydrogen) atoms. The van der Waals surface area contributed by atoms with Crippen molar-refractivity contribution in [2.24, 2.45) is 17.3 Å². The molecule has 2 aliphatic carbocycles. The lowest BCUT2D eigenvalue weighted by Gasteiger charge is -2.42. The molecule has 2 bridgehead atoms. The third-order valence-corrected chi connectivity index (χ3v) is 6.78. The molecule has 130 valence electrons. The van der Waals surface area contributed by atoms with Crippen LogP contribution in [0.1, 0.15) is 51.9 Å². The summed E-state index contributed by atoms with van der Waals surface area (Å²) >= 11 is 0. The first-order valence-electron chi connectivity index (χ1n) is 8.57. The van der Waals surface area contributed by atoms with Gasteiger partial charge in [0.1, 0.15) is 18.0 Å². The molecule has 0 unspecified atom stereocenters. The zero-order valence-electron chi connectivity index (χ0n) is 14.2. The second-order valence-electron chi connectivity index (χ2n) is 7.91. The molecule has 1 spiro atoms. The molecule has 2 saturated carbocycles. The van der Waals surface area contributed by atoms with Crippen LogP contribution in [-0.4, -0.2) is 33.6 Å². The van der Waals surface area contributed by atoms with Crippen LogP contribution in [0.4, 0.5) is 4.79 Å². The predicted octanol–water partition coefficient (Wildman–Crippen LogP) is 2.88. The molecule has 3 fully saturated rings. The Morgan fingerprint density at radius 3 is 2.83 bits per heavy atom. The van der Waals surface area contributed by atoms with Crippen molar-refractivity contribution in [1.82, 2.24) is 4.90 Å². The first-order valence-corrected chi connectivity index (χ1v) is 8.57. The van der Waals surface area contributed by atoms with Gasteiger partial charge in [-0.25, -0.2) is 9.69 Å². The maximum atomic E-state index is 13.1. The average molecular weight is 333 g/mol. The van der Waals surface area contributed by atoms with E-state index in [0.29, 0.717) is 11.7 Å². The third-order valence-electron chi connectivity index (χ3n) is 6.78. The Hall–Kier alpha value is -1.82. The number of furan rings is 1. The van der Waals surface area contributed by atoms with Gasteiger partial charge in [0.2, 0.25) is 5.91 Å². The van der Waals surface area contributed by atoms with E-state index >= 15 is 0 Å². The second kappa shape index (κ2) is 4.85. The summed E-state index contributed by atoms with van der Waals surface area (Å²) < 4.78 is 10.8. The highest BCUT2D eigenvalue weighted by molar-refractivity contribution is 5.96. The summed E-state index contributed by atoms with van der Waals surface area (Å²) in [7, 11) is 0. The van der Waals surface area contributed by atoms with Crippen molar-refractivity contribution in [3.63, 3.8) is 0 Å². The van der Waals surface area contributed by atoms with Crippen molar-refractivity contribution < 1.29 is 23.8 Å². The van der Waals surface area contributed by atoms with E-state index in [1.54, 1.807) is 19.1 Å². The van der Waals surface area contributed by atoms with Crippen molar-refractivity contribution >= 4 is 12.0 Å². The zero-order chi connectivity index (χ0) is 17.3. The first-order chi connectivity index (χ1) is 11.3. The fourth-order valence-electron chi connectivity index (χ4n) is 5.23. The predicted molar refractivity (Wildman–Crippen MR) is 83.8 cm³/mol. The molecule has 0 radical (unpaired) electrons. The van der Waals surface area contributed by atoms with Crippen molar-refractivity contribution in [2.45, 2.75) is 57.8 Å². The SMILES string of the molecule is C[C@@H](C(=O)N1C(=O)O[C@@H]2C[C@H]3CC[C@]21C3(C)C)[C@H](O)c1ccco1. The lowest BCUT2D eigenvalue weighted by atomic mass is 9.74. The van der Waals surface area contributed by atoms with Crippen molar-refractivity contribution in [2.75, 3.05) is 0 Å². The van der Waals surface area contributed by atoms with E-state index in [1.807, 2.05) is 0 Å². The number of aliphatic hydroxyl groups is 1. The smallest absolute Gasteiger partial charge is 0.417 e. The molecule has 6 nitrogen and oxygen atoms in total. The van der Waals surface area contributed by atoms with Crippen LogP contribution in [0.15, 0.2) is 22.8 Å². The molecule has 1 saturated heterocycles. The van der Waals surface area contributed by atoms with Gasteiger partial charge in [-0.3, -0.25) is 4.79 Å². The van der Waals surface area contributed by atoms with Crippen LogP contribution < -0.4 is 0 Å². The Labute approximate surface area is 140 Å². The van der Waals surface area contributed by atoms with Crippen LogP contribution in [0.5, 0.6) is 0 Å². The summed E-state index contributed by atoms with van der Waals surface area (Å²) in [5.74, 6) is -0.391. The monoisotopic (exact) mass is 333 g/mol. The Morgan fingerprint density at radius 2 is 2.21 bits per heavy atom. The number of hydrogen-bond acceptors (Lipinski definition) is 5. The van der Waals surface area contributed by atoms with Crippen LogP contribution in [-0.2, 0) is 9.53 Å². The Morgan fingerprint density at radius 1 is 1.46 bits per heavy atom. The highest BCUT2D eigenvalue weighted by Crippen LogP contribution is 2.66. The van der Waals surface area contributed by atoms with E-state index in [-0.39, 0.29) is 17.4 Å². The van der Waals surface area contributed by atoms with Gasteiger partial charge in [-0.1, -0.05) is 20.8 Å². The van der Waals surface area contributed by atoms with Crippen molar-refractivity contribution in [3.8, 4) is 0 Å². The summed E-state index contributed by atoms with van der Waals surface area (Å²) in [6.07, 6.45) is 2.16. The Bertz CT molecular complexity index is 682. The van der Waals surface area contributed by atoms with E-state index < -0.39 is 23.7 Å². The van der Waals surface area contributed by atoms with Crippen molar-refractivity contribution in [1.29, 1.82) is 0 Å². The van der Waals surface area contributed by atoms with Crippen LogP contribution in [0, 0.1) is 17.3 Å². The van der Waals surface area contributed by atoms with Gasteiger partial charge in [-0.2, -0.15) is 0 Å². The van der Waals surface area contributed by atoms with Crippen LogP contribution in [0.3, 0.4) is 0 Å². The lowest BCUT2D eigenvalue weighted by Crippen LogP contribution is -2.58. The Balaban J connectivity index is 1.67. The largest absolute Gasteiger partial charge is 0.467 e. The van der Waals surface area contributed by atoms with Gasteiger partial charge >= 0.3 is 6.09 Å². The number of carbonyl (C=O) groups is 2. The summed E-state index contributed by atoms with van der Waals surface area (Å²) in [4.78, 5) is 26.9. The summed E-state index contributed by atoms with van der Waals surface area (Å²) in [5, 5.41) is 10.4. The van der Waals surface area contributed by atoms with Crippen molar-refractivity contribution in [3.05, 3.63) is 24.2 Å². The summed E-state index contributed by atoms with van der Waals surface area (Å²) in [6, 6.07) is 3.29. The van der Waals surface area contributed by atoms with Gasteiger partial charge in [0.15, 0.2) is 0 Å². The zero-order valence-corrected chi connectivity index (χ0v) is 14.2. The molecule has 6 heteroatoms. The number of rotatable bonds is 3. The van der Waals surface area contributed by atoms with E-state index in [0.717, 1.165) is 19.3 Å². The first kappa shape index (κ1) is 15.7. The minimum Gasteiger partial charge on any atom is -0.467 e. The topological polar surface area (TPSA) is 80.0 Å². The minimum absolute atomic E-state index is 0.172. The number of ether oxygens (including phenoxy) is 1. The van der Waals surface area contributed by atoms with Gasteiger partial charge in [0, 0.05) is 0 Å². The van der Waals surface area contributed by atoms with Gasteiger partial charge in [0.05, 0.1) is 17.7 Å². The summed E-state index contributed by atoms with van der Waals surface area (Å²) in [6.45, 7) is 5.88. The minimum atomic E-state index is -1.09. The number of carbonyl (C=O) groups excluding carboxylic acids is 2. The average Bonchev–Trinajstić information content (AvgIpc) is 3.26. The van der Waals surface area contributed by atoms with Gasteiger partial charge in [0.25, 0.3) is 0 Å². The highest BCUT2D eigenvalue weighted by Gasteiger charge is 2.74. The van der Waals surface area contributed by atoms with E-state index in [4.69, 9.17) is 9.15 Å². The van der Waals surface area contributed by atoms with Gasteiger partial charge in [-0.15, -0.1) is 0 Å². The van der Waals surface area contributed by atoms with Crippen LogP contribution >= 0.6 is 0 Å². The lowest BCUT2D eigenvalue weighted by molar-refractivity contribution is -0.142. The molecule has 4 rings (SSSR count). The molecular weight excluding hydrogens is 310 g/mol. The second-order valence-corrected chi connectivity index (χ2v) is 7.91. The molecule has 1 aromatic heterocycles. The maximum Gasteiger partial charge on any atom is 0.417 e. The quantitative estimate of drug-likeness (QED) is 0.920. The number of hydrogen-bond donors (Lipinski definition) is 1. The van der Waals surface area contributed by atoms with Crippen LogP contribution in [0.25, 0.3) is 0 Å². The molecule has 1 aliphatic heterocycles. The number of nitrogens with zero attached hydrogens (tertiary/aromatic N) is 1. The van der Waals surface area contributed by atoms with E-state index in [1.165, 1.54) is 11.2 Å². The van der Waals surface area contributed by atoms with Gasteiger partial charge < -0.3 is 14.3 Å². The third kappa shape index (κ3) is 1.69. The number of amides is 2. The highest BCUT2D eigenvalue weighted by atomic mass is 16.6. The normalized spacial score (nSPS) is 35.7. The standard InChI is InChI=1S/C18H23NO5/c1-10(14(20)12-5-4-8-23-12)15(21)19-16(22)24-13-9-11-6-7-18(13,19)17(11,2)3/h4-5,8,10-11,13-14,20H,6-7,9H2,1-3H3/t10-,11-,13-,14+,18-/m1/s1. The Kier molecular flexibility index (Phi) is 3.17. The molecular formula is C18H23NO5. The number of imide groups is 1. The summed E-state index contributed by atoms with van der Waals surface area (Å²) in [5.41, 5.74) is -0.752. The molecule has 1 aromatic rings. The van der Waals surface area contributed by atoms with E-state index in [9.17, 15) is 14.7 Å². The molecule has 2 heterocycles. The molecule has 5 atom stereocenters. The molecule has 1 N–H and O–H groups in total. The fourth-order valence-corrected chi connectivity index (χ4v) is 5.23. The number of fused-ring (bicyclic) bond motifs is 1. The maximum absolute atomic E-state index is 13.1.